The Kier molecular flexibility index (Phi) is 3.68. The number of alkyl halides is 3. The summed E-state index contributed by atoms with van der Waals surface area (Å²) >= 11 is 0. The molecule has 1 aliphatic rings. The summed E-state index contributed by atoms with van der Waals surface area (Å²) in [5.74, 6) is -0.821. The van der Waals surface area contributed by atoms with Crippen molar-refractivity contribution in [3.63, 3.8) is 0 Å². The predicted molar refractivity (Wildman–Crippen MR) is 64.0 cm³/mol. The lowest BCUT2D eigenvalue weighted by molar-refractivity contribution is -0.138. The highest BCUT2D eigenvalue weighted by Gasteiger charge is 2.36. The van der Waals surface area contributed by atoms with E-state index in [-0.39, 0.29) is 5.69 Å². The van der Waals surface area contributed by atoms with Gasteiger partial charge in [-0.3, -0.25) is 4.79 Å². The fourth-order valence-electron chi connectivity index (χ4n) is 2.01. The summed E-state index contributed by atoms with van der Waals surface area (Å²) < 4.78 is 38.8. The quantitative estimate of drug-likeness (QED) is 0.896. The number of rotatable bonds is 5. The maximum Gasteiger partial charge on any atom is 0.418 e. The van der Waals surface area contributed by atoms with Crippen LogP contribution < -0.4 is 4.90 Å². The third-order valence-corrected chi connectivity index (χ3v) is 3.05. The number of carboxylic acids is 1. The molecule has 0 saturated heterocycles. The number of hydrogen-bond acceptors (Lipinski definition) is 2. The van der Waals surface area contributed by atoms with Crippen molar-refractivity contribution in [3.8, 4) is 0 Å². The highest BCUT2D eigenvalue weighted by Crippen LogP contribution is 2.38. The molecule has 0 amide bonds. The Morgan fingerprint density at radius 3 is 2.47 bits per heavy atom. The molecule has 1 N–H and O–H groups in total. The zero-order valence-corrected chi connectivity index (χ0v) is 10.2. The molecule has 0 aromatic heterocycles. The lowest BCUT2D eigenvalue weighted by Crippen LogP contribution is -2.33. The first-order chi connectivity index (χ1) is 8.88. The normalized spacial score (nSPS) is 15.3. The van der Waals surface area contributed by atoms with Crippen molar-refractivity contribution in [2.45, 2.75) is 19.0 Å². The Morgan fingerprint density at radius 1 is 1.32 bits per heavy atom. The number of carboxylic acid groups (broad SMARTS) is 1. The third-order valence-electron chi connectivity index (χ3n) is 3.05. The second-order valence-corrected chi connectivity index (χ2v) is 4.73. The molecular weight excluding hydrogens is 259 g/mol. The molecule has 1 fully saturated rings. The van der Waals surface area contributed by atoms with Crippen LogP contribution in [0, 0.1) is 5.92 Å². The van der Waals surface area contributed by atoms with Crippen LogP contribution >= 0.6 is 0 Å². The summed E-state index contributed by atoms with van der Waals surface area (Å²) in [4.78, 5) is 12.1. The van der Waals surface area contributed by atoms with Crippen LogP contribution in [-0.4, -0.2) is 24.2 Å². The van der Waals surface area contributed by atoms with Crippen LogP contribution in [-0.2, 0) is 11.0 Å². The van der Waals surface area contributed by atoms with Gasteiger partial charge in [0.05, 0.1) is 5.56 Å². The van der Waals surface area contributed by atoms with E-state index in [4.69, 9.17) is 5.11 Å². The average Bonchev–Trinajstić information content (AvgIpc) is 3.10. The van der Waals surface area contributed by atoms with Crippen molar-refractivity contribution in [1.29, 1.82) is 0 Å². The lowest BCUT2D eigenvalue weighted by Gasteiger charge is -2.26. The second-order valence-electron chi connectivity index (χ2n) is 4.73. The number of para-hydroxylation sites is 1. The molecule has 6 heteroatoms. The van der Waals surface area contributed by atoms with Gasteiger partial charge in [-0.1, -0.05) is 12.1 Å². The van der Waals surface area contributed by atoms with Crippen LogP contribution in [0.15, 0.2) is 24.3 Å². The standard InChI is InChI=1S/C13H14F3NO2/c14-13(15,16)10-3-1-2-4-11(10)17(8-12(18)19)7-9-5-6-9/h1-4,9H,5-8H2,(H,18,19). The number of anilines is 1. The third kappa shape index (κ3) is 3.62. The predicted octanol–water partition coefficient (Wildman–Crippen LogP) is 3.01. The maximum atomic E-state index is 12.9. The van der Waals surface area contributed by atoms with Crippen molar-refractivity contribution in [3.05, 3.63) is 29.8 Å². The Balaban J connectivity index is 2.31. The summed E-state index contributed by atoms with van der Waals surface area (Å²) in [6, 6.07) is 5.11. The summed E-state index contributed by atoms with van der Waals surface area (Å²) in [6.07, 6.45) is -2.58. The highest BCUT2D eigenvalue weighted by atomic mass is 19.4. The topological polar surface area (TPSA) is 40.5 Å². The second kappa shape index (κ2) is 5.11. The molecule has 3 nitrogen and oxygen atoms in total. The van der Waals surface area contributed by atoms with Crippen LogP contribution in [0.25, 0.3) is 0 Å². The number of nitrogens with zero attached hydrogens (tertiary/aromatic N) is 1. The molecular formula is C13H14F3NO2. The Labute approximate surface area is 108 Å². The van der Waals surface area contributed by atoms with Gasteiger partial charge in [-0.05, 0) is 30.9 Å². The van der Waals surface area contributed by atoms with Gasteiger partial charge in [0.2, 0.25) is 0 Å². The number of halogens is 3. The van der Waals surface area contributed by atoms with Crippen LogP contribution in [0.5, 0.6) is 0 Å². The average molecular weight is 273 g/mol. The first kappa shape index (κ1) is 13.7. The van der Waals surface area contributed by atoms with Crippen molar-refractivity contribution in [1.82, 2.24) is 0 Å². The van der Waals surface area contributed by atoms with Gasteiger partial charge in [-0.2, -0.15) is 13.2 Å². The largest absolute Gasteiger partial charge is 0.480 e. The van der Waals surface area contributed by atoms with E-state index in [2.05, 4.69) is 0 Å². The van der Waals surface area contributed by atoms with Gasteiger partial charge >= 0.3 is 12.1 Å². The van der Waals surface area contributed by atoms with Crippen molar-refractivity contribution < 1.29 is 23.1 Å². The minimum Gasteiger partial charge on any atom is -0.480 e. The van der Waals surface area contributed by atoms with Crippen LogP contribution in [0.4, 0.5) is 18.9 Å². The van der Waals surface area contributed by atoms with Gasteiger partial charge < -0.3 is 10.0 Å². The molecule has 0 unspecified atom stereocenters. The van der Waals surface area contributed by atoms with Crippen LogP contribution in [0.1, 0.15) is 18.4 Å². The van der Waals surface area contributed by atoms with Crippen LogP contribution in [0.2, 0.25) is 0 Å². The van der Waals surface area contributed by atoms with Crippen molar-refractivity contribution in [2.75, 3.05) is 18.0 Å². The molecule has 0 radical (unpaired) electrons. The number of aliphatic carboxylic acids is 1. The van der Waals surface area contributed by atoms with Gasteiger partial charge in [0.15, 0.2) is 0 Å². The molecule has 0 aliphatic heterocycles. The molecule has 0 heterocycles. The summed E-state index contributed by atoms with van der Waals surface area (Å²) in [5, 5.41) is 8.85. The summed E-state index contributed by atoms with van der Waals surface area (Å²) in [6.45, 7) is -0.0526. The number of hydrogen-bond donors (Lipinski definition) is 1. The van der Waals surface area contributed by atoms with Crippen LogP contribution in [0.3, 0.4) is 0 Å². The van der Waals surface area contributed by atoms with E-state index in [1.165, 1.54) is 23.1 Å². The minimum atomic E-state index is -4.48. The van der Waals surface area contributed by atoms with E-state index in [0.717, 1.165) is 18.9 Å². The van der Waals surface area contributed by atoms with Gasteiger partial charge in [0.25, 0.3) is 0 Å². The zero-order valence-electron chi connectivity index (χ0n) is 10.2. The van der Waals surface area contributed by atoms with Gasteiger partial charge in [-0.25, -0.2) is 0 Å². The van der Waals surface area contributed by atoms with Crippen molar-refractivity contribution >= 4 is 11.7 Å². The summed E-state index contributed by atoms with van der Waals surface area (Å²) in [5.41, 5.74) is -0.832. The molecule has 0 atom stereocenters. The van der Waals surface area contributed by atoms with E-state index < -0.39 is 24.3 Å². The van der Waals surface area contributed by atoms with Gasteiger partial charge in [0.1, 0.15) is 6.54 Å². The van der Waals surface area contributed by atoms with Gasteiger partial charge in [0, 0.05) is 12.2 Å². The van der Waals surface area contributed by atoms with E-state index in [1.807, 2.05) is 0 Å². The molecule has 19 heavy (non-hydrogen) atoms. The Morgan fingerprint density at radius 2 is 1.95 bits per heavy atom. The fourth-order valence-corrected chi connectivity index (χ4v) is 2.01. The first-order valence-corrected chi connectivity index (χ1v) is 6.01. The lowest BCUT2D eigenvalue weighted by atomic mass is 10.1. The molecule has 104 valence electrons. The minimum absolute atomic E-state index is 0.0516. The van der Waals surface area contributed by atoms with E-state index >= 15 is 0 Å². The molecule has 1 aromatic carbocycles. The monoisotopic (exact) mass is 273 g/mol. The van der Waals surface area contributed by atoms with Crippen molar-refractivity contribution in [2.24, 2.45) is 5.92 Å². The number of carbonyl (C=O) groups is 1. The Hall–Kier alpha value is -1.72. The molecule has 1 aliphatic carbocycles. The first-order valence-electron chi connectivity index (χ1n) is 6.01. The number of benzene rings is 1. The summed E-state index contributed by atoms with van der Waals surface area (Å²) in [7, 11) is 0. The fraction of sp³-hybridized carbons (Fsp3) is 0.462. The SMILES string of the molecule is O=C(O)CN(CC1CC1)c1ccccc1C(F)(F)F. The van der Waals surface area contributed by atoms with E-state index in [9.17, 15) is 18.0 Å². The molecule has 2 rings (SSSR count). The molecule has 1 saturated carbocycles. The van der Waals surface area contributed by atoms with E-state index in [0.29, 0.717) is 12.5 Å². The molecule has 0 spiro atoms. The Bertz CT molecular complexity index is 469. The molecule has 1 aromatic rings. The van der Waals surface area contributed by atoms with Gasteiger partial charge in [-0.15, -0.1) is 0 Å². The smallest absolute Gasteiger partial charge is 0.418 e. The zero-order chi connectivity index (χ0) is 14.0. The van der Waals surface area contributed by atoms with E-state index in [1.54, 1.807) is 0 Å². The highest BCUT2D eigenvalue weighted by molar-refractivity contribution is 5.74. The molecule has 0 bridgehead atoms. The maximum absolute atomic E-state index is 12.9.